The van der Waals surface area contributed by atoms with E-state index < -0.39 is 0 Å². The number of nitrogens with zero attached hydrogens (tertiary/aromatic N) is 1. The van der Waals surface area contributed by atoms with Crippen molar-refractivity contribution in [2.75, 3.05) is 26.2 Å². The third-order valence-electron chi connectivity index (χ3n) is 4.17. The number of hydrogen-bond donors (Lipinski definition) is 1. The highest BCUT2D eigenvalue weighted by atomic mass is 79.9. The molecule has 2 heterocycles. The first-order chi connectivity index (χ1) is 8.81. The normalized spacial score (nSPS) is 23.5. The first kappa shape index (κ1) is 15.3. The predicted molar refractivity (Wildman–Crippen MR) is 86.0 cm³/mol. The summed E-state index contributed by atoms with van der Waals surface area (Å²) < 4.78 is 1.21. The van der Waals surface area contributed by atoms with Gasteiger partial charge in [0.25, 0.3) is 0 Å². The summed E-state index contributed by atoms with van der Waals surface area (Å²) in [4.78, 5) is 2.63. The van der Waals surface area contributed by atoms with Crippen molar-refractivity contribution in [3.8, 4) is 0 Å². The molecule has 0 spiro atoms. The predicted octanol–water partition coefficient (Wildman–Crippen LogP) is 3.23. The molecule has 1 aromatic carbocycles. The van der Waals surface area contributed by atoms with E-state index in [-0.39, 0.29) is 12.4 Å². The minimum atomic E-state index is 0. The standard InChI is InChI=1S/C15H21BrN2.ClH/c16-15-4-3-14-11-18(7-5-13(14)8-15)10-12-2-1-6-17-9-12;/h3-4,8,12,17H,1-2,5-7,9-11H2;1H. The smallest absolute Gasteiger partial charge is 0.0236 e. The largest absolute Gasteiger partial charge is 0.316 e. The summed E-state index contributed by atoms with van der Waals surface area (Å²) >= 11 is 3.56. The summed E-state index contributed by atoms with van der Waals surface area (Å²) in [5.41, 5.74) is 3.05. The molecule has 1 N–H and O–H groups in total. The van der Waals surface area contributed by atoms with Crippen LogP contribution < -0.4 is 5.32 Å². The fourth-order valence-electron chi connectivity index (χ4n) is 3.18. The topological polar surface area (TPSA) is 15.3 Å². The Morgan fingerprint density at radius 1 is 1.32 bits per heavy atom. The van der Waals surface area contributed by atoms with Gasteiger partial charge in [0, 0.05) is 24.1 Å². The van der Waals surface area contributed by atoms with Crippen LogP contribution in [-0.2, 0) is 13.0 Å². The summed E-state index contributed by atoms with van der Waals surface area (Å²) in [6.07, 6.45) is 3.95. The average Bonchev–Trinajstić information content (AvgIpc) is 2.40. The van der Waals surface area contributed by atoms with Crippen LogP contribution in [0.1, 0.15) is 24.0 Å². The highest BCUT2D eigenvalue weighted by molar-refractivity contribution is 9.10. The van der Waals surface area contributed by atoms with Gasteiger partial charge < -0.3 is 5.32 Å². The molecule has 2 aliphatic rings. The molecule has 1 saturated heterocycles. The van der Waals surface area contributed by atoms with Gasteiger partial charge in [0.1, 0.15) is 0 Å². The van der Waals surface area contributed by atoms with Crippen LogP contribution in [0.3, 0.4) is 0 Å². The molecule has 19 heavy (non-hydrogen) atoms. The van der Waals surface area contributed by atoms with Crippen molar-refractivity contribution in [1.82, 2.24) is 10.2 Å². The van der Waals surface area contributed by atoms with Gasteiger partial charge >= 0.3 is 0 Å². The fraction of sp³-hybridized carbons (Fsp3) is 0.600. The van der Waals surface area contributed by atoms with E-state index in [9.17, 15) is 0 Å². The molecule has 0 radical (unpaired) electrons. The van der Waals surface area contributed by atoms with Crippen LogP contribution in [0.4, 0.5) is 0 Å². The summed E-state index contributed by atoms with van der Waals surface area (Å²) in [5, 5.41) is 3.52. The molecule has 0 bridgehead atoms. The lowest BCUT2D eigenvalue weighted by Crippen LogP contribution is -2.40. The van der Waals surface area contributed by atoms with Crippen LogP contribution in [0, 0.1) is 5.92 Å². The van der Waals surface area contributed by atoms with Crippen molar-refractivity contribution >= 4 is 28.3 Å². The second-order valence-corrected chi connectivity index (χ2v) is 6.53. The first-order valence-corrected chi connectivity index (χ1v) is 7.81. The van der Waals surface area contributed by atoms with E-state index >= 15 is 0 Å². The summed E-state index contributed by atoms with van der Waals surface area (Å²) in [7, 11) is 0. The molecule has 0 aromatic heterocycles. The van der Waals surface area contributed by atoms with Gasteiger partial charge in [0.2, 0.25) is 0 Å². The van der Waals surface area contributed by atoms with E-state index in [2.05, 4.69) is 44.3 Å². The summed E-state index contributed by atoms with van der Waals surface area (Å²) in [6, 6.07) is 6.74. The Kier molecular flexibility index (Phi) is 5.70. The van der Waals surface area contributed by atoms with E-state index in [4.69, 9.17) is 0 Å². The quantitative estimate of drug-likeness (QED) is 0.885. The Bertz CT molecular complexity index is 419. The Balaban J connectivity index is 0.00000133. The van der Waals surface area contributed by atoms with E-state index in [1.807, 2.05) is 0 Å². The van der Waals surface area contributed by atoms with Gasteiger partial charge in [-0.15, -0.1) is 12.4 Å². The molecule has 1 unspecified atom stereocenters. The van der Waals surface area contributed by atoms with Gasteiger partial charge in [0.15, 0.2) is 0 Å². The van der Waals surface area contributed by atoms with Gasteiger partial charge in [-0.25, -0.2) is 0 Å². The second-order valence-electron chi connectivity index (χ2n) is 5.61. The summed E-state index contributed by atoms with van der Waals surface area (Å²) in [5.74, 6) is 0.857. The first-order valence-electron chi connectivity index (χ1n) is 7.01. The lowest BCUT2D eigenvalue weighted by Gasteiger charge is -2.33. The van der Waals surface area contributed by atoms with Gasteiger partial charge in [-0.3, -0.25) is 4.90 Å². The highest BCUT2D eigenvalue weighted by Gasteiger charge is 2.20. The molecule has 0 amide bonds. The van der Waals surface area contributed by atoms with E-state index in [1.54, 1.807) is 0 Å². The maximum absolute atomic E-state index is 3.56. The minimum absolute atomic E-state index is 0. The molecule has 1 atom stereocenters. The minimum Gasteiger partial charge on any atom is -0.316 e. The average molecular weight is 346 g/mol. The number of halogens is 2. The second kappa shape index (κ2) is 7.07. The third kappa shape index (κ3) is 3.94. The van der Waals surface area contributed by atoms with E-state index in [1.165, 1.54) is 61.0 Å². The van der Waals surface area contributed by atoms with Gasteiger partial charge in [-0.2, -0.15) is 0 Å². The van der Waals surface area contributed by atoms with Crippen LogP contribution in [0.5, 0.6) is 0 Å². The van der Waals surface area contributed by atoms with Crippen LogP contribution in [0.2, 0.25) is 0 Å². The number of piperidine rings is 1. The Hall–Kier alpha value is -0.0900. The Morgan fingerprint density at radius 2 is 2.21 bits per heavy atom. The van der Waals surface area contributed by atoms with Gasteiger partial charge in [0.05, 0.1) is 0 Å². The monoisotopic (exact) mass is 344 g/mol. The molecule has 106 valence electrons. The van der Waals surface area contributed by atoms with Crippen molar-refractivity contribution < 1.29 is 0 Å². The third-order valence-corrected chi connectivity index (χ3v) is 4.67. The fourth-order valence-corrected chi connectivity index (χ4v) is 3.59. The zero-order valence-corrected chi connectivity index (χ0v) is 13.6. The van der Waals surface area contributed by atoms with Crippen molar-refractivity contribution in [1.29, 1.82) is 0 Å². The molecular weight excluding hydrogens is 324 g/mol. The van der Waals surface area contributed by atoms with E-state index in [0.29, 0.717) is 0 Å². The zero-order valence-electron chi connectivity index (χ0n) is 11.2. The summed E-state index contributed by atoms with van der Waals surface area (Å²) in [6.45, 7) is 6.05. The van der Waals surface area contributed by atoms with Crippen molar-refractivity contribution in [3.05, 3.63) is 33.8 Å². The van der Waals surface area contributed by atoms with Crippen LogP contribution in [0.15, 0.2) is 22.7 Å². The molecule has 1 fully saturated rings. The van der Waals surface area contributed by atoms with Crippen molar-refractivity contribution in [3.63, 3.8) is 0 Å². The highest BCUT2D eigenvalue weighted by Crippen LogP contribution is 2.24. The van der Waals surface area contributed by atoms with E-state index in [0.717, 1.165) is 12.5 Å². The van der Waals surface area contributed by atoms with Crippen LogP contribution in [-0.4, -0.2) is 31.1 Å². The molecule has 2 nitrogen and oxygen atoms in total. The molecule has 2 aliphatic heterocycles. The maximum atomic E-state index is 3.56. The Morgan fingerprint density at radius 3 is 3.00 bits per heavy atom. The lowest BCUT2D eigenvalue weighted by atomic mass is 9.95. The van der Waals surface area contributed by atoms with Crippen molar-refractivity contribution in [2.45, 2.75) is 25.8 Å². The van der Waals surface area contributed by atoms with Gasteiger partial charge in [-0.1, -0.05) is 22.0 Å². The number of nitrogens with one attached hydrogen (secondary N) is 1. The molecule has 1 aromatic rings. The molecular formula is C15H22BrClN2. The number of rotatable bonds is 2. The molecule has 3 rings (SSSR count). The zero-order chi connectivity index (χ0) is 12.4. The molecule has 0 aliphatic carbocycles. The number of hydrogen-bond acceptors (Lipinski definition) is 2. The molecule has 0 saturated carbocycles. The maximum Gasteiger partial charge on any atom is 0.0236 e. The van der Waals surface area contributed by atoms with Gasteiger partial charge in [-0.05, 0) is 61.5 Å². The van der Waals surface area contributed by atoms with Crippen molar-refractivity contribution in [2.24, 2.45) is 5.92 Å². The van der Waals surface area contributed by atoms with Crippen LogP contribution >= 0.6 is 28.3 Å². The number of fused-ring (bicyclic) bond motifs is 1. The molecule has 4 heteroatoms. The van der Waals surface area contributed by atoms with Crippen LogP contribution in [0.25, 0.3) is 0 Å². The SMILES string of the molecule is Brc1ccc2c(c1)CCN(CC1CCCNC1)C2.Cl. The number of benzene rings is 1. The lowest BCUT2D eigenvalue weighted by molar-refractivity contribution is 0.194. The Labute approximate surface area is 130 Å².